The van der Waals surface area contributed by atoms with Crippen molar-refractivity contribution in [3.63, 3.8) is 0 Å². The van der Waals surface area contributed by atoms with Crippen LogP contribution in [0.15, 0.2) is 16.6 Å². The predicted molar refractivity (Wildman–Crippen MR) is 87.1 cm³/mol. The van der Waals surface area contributed by atoms with Gasteiger partial charge in [-0.2, -0.15) is 0 Å². The summed E-state index contributed by atoms with van der Waals surface area (Å²) in [5.41, 5.74) is 6.42. The van der Waals surface area contributed by atoms with Crippen LogP contribution in [0.1, 0.15) is 45.6 Å². The van der Waals surface area contributed by atoms with Crippen LogP contribution >= 0.6 is 15.9 Å². The Balaban J connectivity index is 3.20. The van der Waals surface area contributed by atoms with Gasteiger partial charge in [-0.1, -0.05) is 20.3 Å². The zero-order valence-electron chi connectivity index (χ0n) is 12.3. The third-order valence-electron chi connectivity index (χ3n) is 3.54. The van der Waals surface area contributed by atoms with Gasteiger partial charge in [0, 0.05) is 18.2 Å². The zero-order valence-corrected chi connectivity index (χ0v) is 13.9. The summed E-state index contributed by atoms with van der Waals surface area (Å²) in [6.45, 7) is 7.15. The van der Waals surface area contributed by atoms with Crippen molar-refractivity contribution in [1.29, 1.82) is 5.41 Å². The smallest absolute Gasteiger partial charge is 0.161 e. The Kier molecular flexibility index (Phi) is 6.46. The first kappa shape index (κ1) is 17.0. The van der Waals surface area contributed by atoms with Gasteiger partial charge in [-0.25, -0.2) is 4.39 Å². The second-order valence-corrected chi connectivity index (χ2v) is 5.77. The number of nitrogen functional groups attached to an aromatic ring is 1. The van der Waals surface area contributed by atoms with Crippen molar-refractivity contribution in [1.82, 2.24) is 0 Å². The molecule has 20 heavy (non-hydrogen) atoms. The van der Waals surface area contributed by atoms with Crippen LogP contribution in [-0.2, 0) is 0 Å². The Labute approximate surface area is 129 Å². The molecule has 0 aromatic heterocycles. The van der Waals surface area contributed by atoms with Crippen molar-refractivity contribution in [2.45, 2.75) is 46.1 Å². The molecule has 3 N–H and O–H groups in total. The number of unbranched alkanes of at least 4 members (excludes halogenated alkanes) is 1. The monoisotopic (exact) mass is 343 g/mol. The fourth-order valence-corrected chi connectivity index (χ4v) is 2.65. The molecule has 1 atom stereocenters. The van der Waals surface area contributed by atoms with Crippen molar-refractivity contribution < 1.29 is 4.39 Å². The highest BCUT2D eigenvalue weighted by Crippen LogP contribution is 2.31. The maximum atomic E-state index is 14.6. The maximum absolute atomic E-state index is 14.6. The van der Waals surface area contributed by atoms with Crippen molar-refractivity contribution in [2.75, 3.05) is 11.4 Å². The first-order valence-electron chi connectivity index (χ1n) is 7.03. The molecule has 1 rings (SSSR count). The first-order valence-corrected chi connectivity index (χ1v) is 7.82. The van der Waals surface area contributed by atoms with E-state index >= 15 is 0 Å². The number of benzene rings is 1. The van der Waals surface area contributed by atoms with Crippen molar-refractivity contribution in [3.05, 3.63) is 28.0 Å². The van der Waals surface area contributed by atoms with Gasteiger partial charge in [0.15, 0.2) is 5.82 Å². The Morgan fingerprint density at radius 3 is 2.60 bits per heavy atom. The number of anilines is 1. The standard InChI is InChI=1S/C15H23BrFN3/c1-4-6-9-20(10(3)5-2)12-8-7-11(15(18)19)13(16)14(12)17/h7-8,10H,4-6,9H2,1-3H3,(H3,18,19). The zero-order chi connectivity index (χ0) is 15.3. The van der Waals surface area contributed by atoms with E-state index in [-0.39, 0.29) is 22.2 Å². The normalized spacial score (nSPS) is 12.2. The van der Waals surface area contributed by atoms with E-state index < -0.39 is 0 Å². The van der Waals surface area contributed by atoms with Gasteiger partial charge in [-0.15, -0.1) is 0 Å². The van der Waals surface area contributed by atoms with Gasteiger partial charge < -0.3 is 10.6 Å². The van der Waals surface area contributed by atoms with Gasteiger partial charge in [0.2, 0.25) is 0 Å². The van der Waals surface area contributed by atoms with Gasteiger partial charge in [0.25, 0.3) is 0 Å². The summed E-state index contributed by atoms with van der Waals surface area (Å²) >= 11 is 3.22. The average molecular weight is 344 g/mol. The van der Waals surface area contributed by atoms with Crippen molar-refractivity contribution in [3.8, 4) is 0 Å². The molecule has 0 spiro atoms. The Bertz CT molecular complexity index is 476. The van der Waals surface area contributed by atoms with E-state index in [9.17, 15) is 4.39 Å². The van der Waals surface area contributed by atoms with Crippen LogP contribution in [0.3, 0.4) is 0 Å². The summed E-state index contributed by atoms with van der Waals surface area (Å²) in [6.07, 6.45) is 3.05. The number of nitrogens with zero attached hydrogens (tertiary/aromatic N) is 1. The molecule has 3 nitrogen and oxygen atoms in total. The van der Waals surface area contributed by atoms with Crippen LogP contribution < -0.4 is 10.6 Å². The number of hydrogen-bond donors (Lipinski definition) is 2. The van der Waals surface area contributed by atoms with Crippen LogP contribution in [0.2, 0.25) is 0 Å². The van der Waals surface area contributed by atoms with Gasteiger partial charge in [-0.3, -0.25) is 5.41 Å². The van der Waals surface area contributed by atoms with Gasteiger partial charge in [0.1, 0.15) is 5.84 Å². The molecule has 1 unspecified atom stereocenters. The topological polar surface area (TPSA) is 53.1 Å². The van der Waals surface area contributed by atoms with E-state index in [0.29, 0.717) is 11.3 Å². The molecule has 0 saturated heterocycles. The van der Waals surface area contributed by atoms with E-state index in [0.717, 1.165) is 25.8 Å². The Morgan fingerprint density at radius 2 is 2.10 bits per heavy atom. The number of nitrogens with two attached hydrogens (primary N) is 1. The predicted octanol–water partition coefficient (Wildman–Crippen LogP) is 4.28. The molecule has 0 saturated carbocycles. The molecule has 0 amide bonds. The summed E-state index contributed by atoms with van der Waals surface area (Å²) in [7, 11) is 0. The van der Waals surface area contributed by atoms with Crippen LogP contribution in [-0.4, -0.2) is 18.4 Å². The minimum Gasteiger partial charge on any atom is -0.384 e. The molecular formula is C15H23BrFN3. The largest absolute Gasteiger partial charge is 0.384 e. The molecule has 1 aromatic rings. The quantitative estimate of drug-likeness (QED) is 0.573. The minimum absolute atomic E-state index is 0.133. The number of amidine groups is 1. The average Bonchev–Trinajstić information content (AvgIpc) is 2.42. The highest BCUT2D eigenvalue weighted by molar-refractivity contribution is 9.10. The lowest BCUT2D eigenvalue weighted by Gasteiger charge is -2.31. The first-order chi connectivity index (χ1) is 9.43. The van der Waals surface area contributed by atoms with E-state index in [1.807, 2.05) is 0 Å². The van der Waals surface area contributed by atoms with Crippen molar-refractivity contribution >= 4 is 27.5 Å². The van der Waals surface area contributed by atoms with E-state index in [2.05, 4.69) is 41.6 Å². The summed E-state index contributed by atoms with van der Waals surface area (Å²) in [6, 6.07) is 3.69. The van der Waals surface area contributed by atoms with E-state index in [4.69, 9.17) is 11.1 Å². The fourth-order valence-electron chi connectivity index (χ4n) is 2.10. The van der Waals surface area contributed by atoms with Crippen LogP contribution in [0, 0.1) is 11.2 Å². The number of rotatable bonds is 7. The summed E-state index contributed by atoms with van der Waals surface area (Å²) in [5.74, 6) is -0.472. The van der Waals surface area contributed by atoms with E-state index in [1.54, 1.807) is 12.1 Å². The molecular weight excluding hydrogens is 321 g/mol. The highest BCUT2D eigenvalue weighted by Gasteiger charge is 2.20. The summed E-state index contributed by atoms with van der Waals surface area (Å²) in [5, 5.41) is 7.45. The summed E-state index contributed by atoms with van der Waals surface area (Å²) in [4.78, 5) is 2.09. The van der Waals surface area contributed by atoms with Crippen molar-refractivity contribution in [2.24, 2.45) is 5.73 Å². The second kappa shape index (κ2) is 7.62. The summed E-state index contributed by atoms with van der Waals surface area (Å²) < 4.78 is 14.8. The number of nitrogens with one attached hydrogen (secondary N) is 1. The molecule has 0 aliphatic carbocycles. The SMILES string of the molecule is CCCCN(c1ccc(C(=N)N)c(Br)c1F)C(C)CC. The maximum Gasteiger partial charge on any atom is 0.161 e. The molecule has 1 aromatic carbocycles. The molecule has 0 fully saturated rings. The lowest BCUT2D eigenvalue weighted by Crippen LogP contribution is -2.34. The number of hydrogen-bond acceptors (Lipinski definition) is 2. The lowest BCUT2D eigenvalue weighted by molar-refractivity contribution is 0.562. The van der Waals surface area contributed by atoms with Crippen LogP contribution in [0.4, 0.5) is 10.1 Å². The second-order valence-electron chi connectivity index (χ2n) is 4.98. The molecule has 112 valence electrons. The van der Waals surface area contributed by atoms with Crippen LogP contribution in [0.5, 0.6) is 0 Å². The van der Waals surface area contributed by atoms with Gasteiger partial charge >= 0.3 is 0 Å². The minimum atomic E-state index is -0.339. The molecule has 0 heterocycles. The van der Waals surface area contributed by atoms with Gasteiger partial charge in [-0.05, 0) is 47.8 Å². The molecule has 0 bridgehead atoms. The molecule has 0 aliphatic rings. The van der Waals surface area contributed by atoms with E-state index in [1.165, 1.54) is 0 Å². The van der Waals surface area contributed by atoms with Crippen LogP contribution in [0.25, 0.3) is 0 Å². The molecule has 0 radical (unpaired) electrons. The molecule has 5 heteroatoms. The fraction of sp³-hybridized carbons (Fsp3) is 0.533. The Hall–Kier alpha value is -1.10. The third kappa shape index (κ3) is 3.72. The van der Waals surface area contributed by atoms with Gasteiger partial charge in [0.05, 0.1) is 10.2 Å². The number of halogens is 2. The lowest BCUT2D eigenvalue weighted by atomic mass is 10.1. The third-order valence-corrected chi connectivity index (χ3v) is 4.31. The molecule has 0 aliphatic heterocycles. The Morgan fingerprint density at radius 1 is 1.45 bits per heavy atom. The highest BCUT2D eigenvalue weighted by atomic mass is 79.9.